The molecule has 1 aliphatic heterocycles. The van der Waals surface area contributed by atoms with Gasteiger partial charge in [0.1, 0.15) is 0 Å². The van der Waals surface area contributed by atoms with E-state index in [1.165, 1.54) is 17.6 Å². The minimum Gasteiger partial charge on any atom is -0.481 e. The Morgan fingerprint density at radius 1 is 1.33 bits per heavy atom. The number of hydrogen-bond acceptors (Lipinski definition) is 5. The fourth-order valence-electron chi connectivity index (χ4n) is 3.89. The van der Waals surface area contributed by atoms with Crippen LogP contribution in [0.1, 0.15) is 45.1 Å². The summed E-state index contributed by atoms with van der Waals surface area (Å²) < 4.78 is 5.07. The van der Waals surface area contributed by atoms with Crippen LogP contribution in [0, 0.1) is 18.3 Å². The van der Waals surface area contributed by atoms with Gasteiger partial charge in [-0.1, -0.05) is 0 Å². The lowest BCUT2D eigenvalue weighted by atomic mass is 9.90. The molecule has 0 bridgehead atoms. The van der Waals surface area contributed by atoms with Crippen LogP contribution in [0.25, 0.3) is 0 Å². The highest BCUT2D eigenvalue weighted by Gasteiger charge is 2.59. The van der Waals surface area contributed by atoms with Gasteiger partial charge >= 0.3 is 5.97 Å². The van der Waals surface area contributed by atoms with E-state index in [2.05, 4.69) is 5.32 Å². The molecule has 2 fully saturated rings. The first-order valence-corrected chi connectivity index (χ1v) is 9.69. The summed E-state index contributed by atoms with van der Waals surface area (Å²) in [5.41, 5.74) is 0.713. The highest BCUT2D eigenvalue weighted by molar-refractivity contribution is 7.18. The fraction of sp³-hybridized carbons (Fsp3) is 0.421. The lowest BCUT2D eigenvalue weighted by Gasteiger charge is -2.32. The molecule has 1 unspecified atom stereocenters. The van der Waals surface area contributed by atoms with Crippen molar-refractivity contribution in [1.29, 1.82) is 0 Å². The van der Waals surface area contributed by atoms with E-state index < -0.39 is 5.97 Å². The minimum absolute atomic E-state index is 0.0571. The summed E-state index contributed by atoms with van der Waals surface area (Å²) in [5, 5.41) is 12.5. The first-order chi connectivity index (χ1) is 12.9. The Bertz CT molecular complexity index is 893. The summed E-state index contributed by atoms with van der Waals surface area (Å²) in [7, 11) is 0. The van der Waals surface area contributed by atoms with Gasteiger partial charge in [0.2, 0.25) is 0 Å². The first-order valence-electron chi connectivity index (χ1n) is 8.87. The number of likely N-dealkylation sites (tertiary alicyclic amines) is 1. The smallest absolute Gasteiger partial charge is 0.307 e. The SMILES string of the molecule is Cc1cc(NC(=O)c2ccco2)sc1C(=O)N1CCC2(CC1)CC2C(=O)O. The van der Waals surface area contributed by atoms with Crippen LogP contribution < -0.4 is 5.32 Å². The van der Waals surface area contributed by atoms with Crippen LogP contribution in [0.4, 0.5) is 5.00 Å². The Morgan fingerprint density at radius 3 is 2.67 bits per heavy atom. The van der Waals surface area contributed by atoms with E-state index in [0.29, 0.717) is 23.0 Å². The average molecular weight is 388 g/mol. The molecule has 8 heteroatoms. The van der Waals surface area contributed by atoms with Crippen LogP contribution in [-0.2, 0) is 4.79 Å². The maximum Gasteiger partial charge on any atom is 0.307 e. The number of anilines is 1. The number of nitrogens with zero attached hydrogens (tertiary/aromatic N) is 1. The molecular formula is C19H20N2O5S. The zero-order valence-electron chi connectivity index (χ0n) is 14.9. The molecule has 142 valence electrons. The molecule has 27 heavy (non-hydrogen) atoms. The number of hydrogen-bond donors (Lipinski definition) is 2. The molecule has 1 saturated heterocycles. The number of carbonyl (C=O) groups excluding carboxylic acids is 2. The molecule has 2 N–H and O–H groups in total. The summed E-state index contributed by atoms with van der Waals surface area (Å²) >= 11 is 1.25. The Labute approximate surface area is 160 Å². The predicted octanol–water partition coefficient (Wildman–Crippen LogP) is 3.23. The second-order valence-corrected chi connectivity index (χ2v) is 8.36. The van der Waals surface area contributed by atoms with E-state index in [1.807, 2.05) is 6.92 Å². The number of carboxylic acids is 1. The third-order valence-electron chi connectivity index (χ3n) is 5.63. The monoisotopic (exact) mass is 388 g/mol. The van der Waals surface area contributed by atoms with Crippen molar-refractivity contribution in [2.75, 3.05) is 18.4 Å². The van der Waals surface area contributed by atoms with E-state index in [9.17, 15) is 19.5 Å². The summed E-state index contributed by atoms with van der Waals surface area (Å²) in [5.74, 6) is -1.16. The third-order valence-corrected chi connectivity index (χ3v) is 6.77. The normalized spacial score (nSPS) is 20.5. The molecule has 0 radical (unpaired) electrons. The predicted molar refractivity (Wildman–Crippen MR) is 99.0 cm³/mol. The number of carboxylic acid groups (broad SMARTS) is 1. The number of aryl methyl sites for hydroxylation is 1. The maximum atomic E-state index is 12.9. The van der Waals surface area contributed by atoms with Gasteiger partial charge in [0, 0.05) is 13.1 Å². The fourth-order valence-corrected chi connectivity index (χ4v) is 4.92. The van der Waals surface area contributed by atoms with Crippen molar-refractivity contribution in [3.63, 3.8) is 0 Å². The number of rotatable bonds is 4. The van der Waals surface area contributed by atoms with Gasteiger partial charge in [0.25, 0.3) is 11.8 Å². The number of piperidine rings is 1. The largest absolute Gasteiger partial charge is 0.481 e. The summed E-state index contributed by atoms with van der Waals surface area (Å²) in [6, 6.07) is 5.00. The van der Waals surface area contributed by atoms with Crippen LogP contribution in [0.5, 0.6) is 0 Å². The van der Waals surface area contributed by atoms with E-state index in [-0.39, 0.29) is 28.9 Å². The number of amides is 2. The Balaban J connectivity index is 1.40. The number of nitrogens with one attached hydrogen (secondary N) is 1. The quantitative estimate of drug-likeness (QED) is 0.838. The number of thiophene rings is 1. The first kappa shape index (κ1) is 17.8. The van der Waals surface area contributed by atoms with Crippen LogP contribution in [-0.4, -0.2) is 40.9 Å². The van der Waals surface area contributed by atoms with Crippen molar-refractivity contribution in [2.45, 2.75) is 26.2 Å². The molecule has 2 aliphatic rings. The zero-order chi connectivity index (χ0) is 19.2. The van der Waals surface area contributed by atoms with Crippen molar-refractivity contribution < 1.29 is 23.9 Å². The van der Waals surface area contributed by atoms with E-state index >= 15 is 0 Å². The second-order valence-electron chi connectivity index (χ2n) is 7.30. The van der Waals surface area contributed by atoms with Gasteiger partial charge in [-0.05, 0) is 55.4 Å². The zero-order valence-corrected chi connectivity index (χ0v) is 15.7. The van der Waals surface area contributed by atoms with Gasteiger partial charge in [0.05, 0.1) is 22.1 Å². The van der Waals surface area contributed by atoms with E-state index in [4.69, 9.17) is 4.42 Å². The van der Waals surface area contributed by atoms with Gasteiger partial charge in [-0.2, -0.15) is 0 Å². The maximum absolute atomic E-state index is 12.9. The van der Waals surface area contributed by atoms with Crippen molar-refractivity contribution in [1.82, 2.24) is 4.90 Å². The highest BCUT2D eigenvalue weighted by atomic mass is 32.1. The molecule has 1 aliphatic carbocycles. The summed E-state index contributed by atoms with van der Waals surface area (Å²) in [4.78, 5) is 38.5. The number of carbonyl (C=O) groups is 3. The Morgan fingerprint density at radius 2 is 2.07 bits per heavy atom. The highest BCUT2D eigenvalue weighted by Crippen LogP contribution is 2.59. The molecule has 2 aromatic heterocycles. The molecule has 7 nitrogen and oxygen atoms in total. The van der Waals surface area contributed by atoms with Gasteiger partial charge in [-0.25, -0.2) is 0 Å². The summed E-state index contributed by atoms with van der Waals surface area (Å²) in [6.07, 6.45) is 3.64. The van der Waals surface area contributed by atoms with Crippen molar-refractivity contribution >= 4 is 34.1 Å². The van der Waals surface area contributed by atoms with E-state index in [0.717, 1.165) is 24.8 Å². The molecule has 1 atom stereocenters. The molecule has 1 spiro atoms. The molecular weight excluding hydrogens is 368 g/mol. The number of aliphatic carboxylic acids is 1. The Kier molecular flexibility index (Phi) is 4.30. The third kappa shape index (κ3) is 3.25. The van der Waals surface area contributed by atoms with Crippen molar-refractivity contribution in [3.8, 4) is 0 Å². The Hall–Kier alpha value is -2.61. The minimum atomic E-state index is -0.721. The van der Waals surface area contributed by atoms with Crippen molar-refractivity contribution in [3.05, 3.63) is 40.7 Å². The van der Waals surface area contributed by atoms with E-state index in [1.54, 1.807) is 23.1 Å². The van der Waals surface area contributed by atoms with Crippen LogP contribution >= 0.6 is 11.3 Å². The topological polar surface area (TPSA) is 99.9 Å². The van der Waals surface area contributed by atoms with Gasteiger partial charge in [-0.15, -0.1) is 11.3 Å². The average Bonchev–Trinajstić information content (AvgIpc) is 3.00. The second kappa shape index (κ2) is 6.53. The lowest BCUT2D eigenvalue weighted by molar-refractivity contribution is -0.139. The van der Waals surface area contributed by atoms with Crippen LogP contribution in [0.3, 0.4) is 0 Å². The molecule has 4 rings (SSSR count). The van der Waals surface area contributed by atoms with Gasteiger partial charge in [-0.3, -0.25) is 14.4 Å². The van der Waals surface area contributed by atoms with Crippen LogP contribution in [0.2, 0.25) is 0 Å². The lowest BCUT2D eigenvalue weighted by Crippen LogP contribution is -2.39. The molecule has 3 heterocycles. The molecule has 1 saturated carbocycles. The number of furan rings is 1. The summed E-state index contributed by atoms with van der Waals surface area (Å²) in [6.45, 7) is 3.00. The van der Waals surface area contributed by atoms with Crippen LogP contribution in [0.15, 0.2) is 28.9 Å². The molecule has 2 aromatic rings. The molecule has 0 aromatic carbocycles. The van der Waals surface area contributed by atoms with Gasteiger partial charge in [0.15, 0.2) is 5.76 Å². The van der Waals surface area contributed by atoms with Crippen molar-refractivity contribution in [2.24, 2.45) is 11.3 Å². The van der Waals surface area contributed by atoms with Gasteiger partial charge < -0.3 is 19.7 Å². The molecule has 2 amide bonds. The standard InChI is InChI=1S/C19H20N2O5S/c1-11-9-14(20-16(22)13-3-2-8-26-13)27-15(11)17(23)21-6-4-19(5-7-21)10-12(19)18(24)25/h2-3,8-9,12H,4-7,10H2,1H3,(H,20,22)(H,24,25).